The maximum Gasteiger partial charge on any atom is 0.255 e. The van der Waals surface area contributed by atoms with Gasteiger partial charge in [-0.05, 0) is 49.2 Å². The summed E-state index contributed by atoms with van der Waals surface area (Å²) in [5, 5.41) is 7.62. The first-order chi connectivity index (χ1) is 14.4. The van der Waals surface area contributed by atoms with Crippen LogP contribution in [0, 0.1) is 6.92 Å². The van der Waals surface area contributed by atoms with E-state index in [1.807, 2.05) is 30.3 Å². The molecule has 0 spiro atoms. The predicted molar refractivity (Wildman–Crippen MR) is 114 cm³/mol. The Balaban J connectivity index is 1.48. The van der Waals surface area contributed by atoms with E-state index in [1.54, 1.807) is 31.2 Å². The molecule has 0 fully saturated rings. The highest BCUT2D eigenvalue weighted by molar-refractivity contribution is 7.95. The van der Waals surface area contributed by atoms with E-state index in [-0.39, 0.29) is 5.91 Å². The van der Waals surface area contributed by atoms with Crippen LogP contribution in [0.15, 0.2) is 64.5 Å². The molecule has 0 aliphatic rings. The van der Waals surface area contributed by atoms with Gasteiger partial charge in [0.2, 0.25) is 5.89 Å². The molecule has 0 bridgehead atoms. The Morgan fingerprint density at radius 1 is 1.10 bits per heavy atom. The molecule has 156 valence electrons. The van der Waals surface area contributed by atoms with Gasteiger partial charge in [0, 0.05) is 24.2 Å². The molecule has 0 saturated carbocycles. The van der Waals surface area contributed by atoms with Crippen molar-refractivity contribution in [2.24, 2.45) is 0 Å². The van der Waals surface area contributed by atoms with Gasteiger partial charge in [-0.15, -0.1) is 0 Å². The van der Waals surface area contributed by atoms with Crippen LogP contribution in [0.3, 0.4) is 0 Å². The largest absolute Gasteiger partial charge is 0.352 e. The lowest BCUT2D eigenvalue weighted by atomic mass is 10.2. The van der Waals surface area contributed by atoms with E-state index in [4.69, 9.17) is 4.52 Å². The quantitative estimate of drug-likeness (QED) is 0.508. The number of aryl methyl sites for hydroxylation is 2. The van der Waals surface area contributed by atoms with Crippen molar-refractivity contribution in [3.63, 3.8) is 0 Å². The second-order valence-electron chi connectivity index (χ2n) is 6.53. The molecule has 30 heavy (non-hydrogen) atoms. The van der Waals surface area contributed by atoms with Gasteiger partial charge in [-0.2, -0.15) is 4.98 Å². The average molecular weight is 426 g/mol. The standard InChI is InChI=1S/C21H22N4O4S/c1-16-23-20(29-24-16)8-5-14-22-21(26)18-9-11-19(12-10-18)25-30(27,28)15-13-17-6-3-2-4-7-17/h2-4,6-7,9-13,15,25H,5,8,14H2,1H3,(H,22,26)/b15-13+. The number of hydrogen-bond donors (Lipinski definition) is 2. The number of benzene rings is 2. The van der Waals surface area contributed by atoms with E-state index in [0.29, 0.717) is 42.4 Å². The highest BCUT2D eigenvalue weighted by Gasteiger charge is 2.09. The molecule has 8 nitrogen and oxygen atoms in total. The SMILES string of the molecule is Cc1noc(CCCNC(=O)c2ccc(NS(=O)(=O)/C=C/c3ccccc3)cc2)n1. The molecular formula is C21H22N4O4S. The minimum Gasteiger partial charge on any atom is -0.352 e. The van der Waals surface area contributed by atoms with Crippen LogP contribution in [0.4, 0.5) is 5.69 Å². The van der Waals surface area contributed by atoms with Crippen LogP contribution in [-0.4, -0.2) is 31.0 Å². The Bertz CT molecular complexity index is 1110. The van der Waals surface area contributed by atoms with Gasteiger partial charge in [0.05, 0.1) is 5.41 Å². The molecule has 0 unspecified atom stereocenters. The third kappa shape index (κ3) is 6.56. The number of carbonyl (C=O) groups is 1. The Labute approximate surface area is 175 Å². The van der Waals surface area contributed by atoms with E-state index in [2.05, 4.69) is 20.2 Å². The molecule has 1 heterocycles. The third-order valence-electron chi connectivity index (χ3n) is 4.07. The van der Waals surface area contributed by atoms with Crippen molar-refractivity contribution in [3.8, 4) is 0 Å². The molecule has 3 aromatic rings. The molecule has 0 aliphatic carbocycles. The molecule has 1 amide bonds. The fraction of sp³-hybridized carbons (Fsp3) is 0.190. The molecule has 0 saturated heterocycles. The Morgan fingerprint density at radius 2 is 1.83 bits per heavy atom. The molecule has 0 atom stereocenters. The summed E-state index contributed by atoms with van der Waals surface area (Å²) >= 11 is 0. The van der Waals surface area contributed by atoms with Gasteiger partial charge < -0.3 is 9.84 Å². The van der Waals surface area contributed by atoms with Crippen LogP contribution in [0.2, 0.25) is 0 Å². The summed E-state index contributed by atoms with van der Waals surface area (Å²) in [6, 6.07) is 15.4. The zero-order chi connectivity index (χ0) is 21.4. The van der Waals surface area contributed by atoms with Gasteiger partial charge >= 0.3 is 0 Å². The lowest BCUT2D eigenvalue weighted by Gasteiger charge is -2.07. The van der Waals surface area contributed by atoms with Crippen molar-refractivity contribution in [3.05, 3.63) is 82.8 Å². The fourth-order valence-electron chi connectivity index (χ4n) is 2.61. The number of rotatable bonds is 9. The highest BCUT2D eigenvalue weighted by atomic mass is 32.2. The number of aromatic nitrogens is 2. The number of carbonyl (C=O) groups excluding carboxylic acids is 1. The monoisotopic (exact) mass is 426 g/mol. The zero-order valence-corrected chi connectivity index (χ0v) is 17.2. The smallest absolute Gasteiger partial charge is 0.255 e. The minimum absolute atomic E-state index is 0.241. The van der Waals surface area contributed by atoms with E-state index < -0.39 is 10.0 Å². The van der Waals surface area contributed by atoms with Crippen LogP contribution in [0.5, 0.6) is 0 Å². The van der Waals surface area contributed by atoms with Gasteiger partial charge in [0.1, 0.15) is 0 Å². The number of anilines is 1. The number of nitrogens with one attached hydrogen (secondary N) is 2. The Kier molecular flexibility index (Phi) is 6.97. The normalized spacial score (nSPS) is 11.5. The zero-order valence-electron chi connectivity index (χ0n) is 16.4. The van der Waals surface area contributed by atoms with Crippen molar-refractivity contribution in [2.75, 3.05) is 11.3 Å². The maximum absolute atomic E-state index is 12.2. The predicted octanol–water partition coefficient (Wildman–Crippen LogP) is 3.15. The Hall–Kier alpha value is -3.46. The highest BCUT2D eigenvalue weighted by Crippen LogP contribution is 2.13. The van der Waals surface area contributed by atoms with Crippen LogP contribution < -0.4 is 10.0 Å². The second kappa shape index (κ2) is 9.84. The number of amides is 1. The summed E-state index contributed by atoms with van der Waals surface area (Å²) < 4.78 is 31.9. The van der Waals surface area contributed by atoms with E-state index in [0.717, 1.165) is 11.0 Å². The summed E-state index contributed by atoms with van der Waals surface area (Å²) in [7, 11) is -3.66. The number of sulfonamides is 1. The molecule has 2 aromatic carbocycles. The topological polar surface area (TPSA) is 114 Å². The van der Waals surface area contributed by atoms with E-state index >= 15 is 0 Å². The lowest BCUT2D eigenvalue weighted by molar-refractivity contribution is 0.0953. The lowest BCUT2D eigenvalue weighted by Crippen LogP contribution is -2.24. The minimum atomic E-state index is -3.66. The first kappa shape index (κ1) is 21.3. The van der Waals surface area contributed by atoms with Gasteiger partial charge in [-0.1, -0.05) is 35.5 Å². The van der Waals surface area contributed by atoms with Crippen LogP contribution >= 0.6 is 0 Å². The molecule has 3 rings (SSSR count). The van der Waals surface area contributed by atoms with Gasteiger partial charge in [-0.3, -0.25) is 9.52 Å². The first-order valence-corrected chi connectivity index (χ1v) is 10.9. The van der Waals surface area contributed by atoms with Crippen molar-refractivity contribution in [1.82, 2.24) is 15.5 Å². The number of hydrogen-bond acceptors (Lipinski definition) is 6. The van der Waals surface area contributed by atoms with Gasteiger partial charge in [-0.25, -0.2) is 8.42 Å². The number of nitrogens with zero attached hydrogens (tertiary/aromatic N) is 2. The molecular weight excluding hydrogens is 404 g/mol. The van der Waals surface area contributed by atoms with E-state index in [9.17, 15) is 13.2 Å². The Morgan fingerprint density at radius 3 is 2.50 bits per heavy atom. The van der Waals surface area contributed by atoms with Gasteiger partial charge in [0.25, 0.3) is 15.9 Å². The molecule has 9 heteroatoms. The van der Waals surface area contributed by atoms with Crippen molar-refractivity contribution >= 4 is 27.7 Å². The summed E-state index contributed by atoms with van der Waals surface area (Å²) in [5.74, 6) is 0.884. The first-order valence-electron chi connectivity index (χ1n) is 9.35. The molecule has 0 aliphatic heterocycles. The molecule has 1 aromatic heterocycles. The summed E-state index contributed by atoms with van der Waals surface area (Å²) in [4.78, 5) is 16.3. The molecule has 0 radical (unpaired) electrons. The van der Waals surface area contributed by atoms with Crippen LogP contribution in [0.1, 0.15) is 34.1 Å². The summed E-state index contributed by atoms with van der Waals surface area (Å²) in [6.45, 7) is 2.21. The summed E-state index contributed by atoms with van der Waals surface area (Å²) in [6.07, 6.45) is 2.76. The van der Waals surface area contributed by atoms with Crippen molar-refractivity contribution < 1.29 is 17.7 Å². The van der Waals surface area contributed by atoms with E-state index in [1.165, 1.54) is 6.08 Å². The molecule has 2 N–H and O–H groups in total. The van der Waals surface area contributed by atoms with Gasteiger partial charge in [0.15, 0.2) is 5.82 Å². The second-order valence-corrected chi connectivity index (χ2v) is 8.10. The fourth-order valence-corrected chi connectivity index (χ4v) is 3.47. The average Bonchev–Trinajstić information content (AvgIpc) is 3.16. The van der Waals surface area contributed by atoms with Crippen molar-refractivity contribution in [1.29, 1.82) is 0 Å². The van der Waals surface area contributed by atoms with Crippen molar-refractivity contribution in [2.45, 2.75) is 19.8 Å². The van der Waals surface area contributed by atoms with Crippen LogP contribution in [-0.2, 0) is 16.4 Å². The summed E-state index contributed by atoms with van der Waals surface area (Å²) in [5.41, 5.74) is 1.59. The third-order valence-corrected chi connectivity index (χ3v) is 5.08. The van der Waals surface area contributed by atoms with Crippen LogP contribution in [0.25, 0.3) is 6.08 Å². The maximum atomic E-state index is 12.2.